The first kappa shape index (κ1) is 11.1. The lowest BCUT2D eigenvalue weighted by Gasteiger charge is -2.14. The number of aliphatic carboxylic acids is 1. The van der Waals surface area contributed by atoms with Crippen molar-refractivity contribution in [3.8, 4) is 11.1 Å². The number of hydrogen-bond donors (Lipinski definition) is 2. The van der Waals surface area contributed by atoms with Crippen LogP contribution in [0.25, 0.3) is 11.1 Å². The van der Waals surface area contributed by atoms with E-state index >= 15 is 0 Å². The number of rotatable bonds is 3. The minimum Gasteiger partial charge on any atom is -0.481 e. The van der Waals surface area contributed by atoms with Gasteiger partial charge in [0, 0.05) is 35.8 Å². The van der Waals surface area contributed by atoms with Gasteiger partial charge in [0.25, 0.3) is 0 Å². The Morgan fingerprint density at radius 2 is 2.39 bits per heavy atom. The third kappa shape index (κ3) is 1.81. The molecule has 0 bridgehead atoms. The van der Waals surface area contributed by atoms with Crippen molar-refractivity contribution in [2.24, 2.45) is 0 Å². The topological polar surface area (TPSA) is 70.9 Å². The van der Waals surface area contributed by atoms with E-state index in [2.05, 4.69) is 10.1 Å². The third-order valence-corrected chi connectivity index (χ3v) is 3.37. The number of aromatic nitrogens is 3. The van der Waals surface area contributed by atoms with Crippen LogP contribution < -0.4 is 0 Å². The van der Waals surface area contributed by atoms with Crippen LogP contribution >= 0.6 is 0 Å². The maximum atomic E-state index is 10.9. The van der Waals surface area contributed by atoms with Gasteiger partial charge < -0.3 is 10.1 Å². The van der Waals surface area contributed by atoms with Gasteiger partial charge in [-0.1, -0.05) is 0 Å². The number of carboxylic acids is 1. The molecule has 1 aliphatic rings. The first-order valence-electron chi connectivity index (χ1n) is 6.19. The van der Waals surface area contributed by atoms with E-state index in [0.717, 1.165) is 36.9 Å². The van der Waals surface area contributed by atoms with E-state index in [1.165, 1.54) is 5.69 Å². The molecule has 5 heteroatoms. The molecule has 3 rings (SSSR count). The minimum absolute atomic E-state index is 0.0134. The Hall–Kier alpha value is -2.04. The predicted octanol–water partition coefficient (Wildman–Crippen LogP) is 1.84. The molecule has 1 aliphatic heterocycles. The SMILES string of the molecule is O=C(O)Cc1nn2c(c1-c1cc[nH]c1)CCCC2. The van der Waals surface area contributed by atoms with Crippen LogP contribution in [0.3, 0.4) is 0 Å². The Morgan fingerprint density at radius 1 is 1.50 bits per heavy atom. The second-order valence-electron chi connectivity index (χ2n) is 4.62. The van der Waals surface area contributed by atoms with E-state index in [-0.39, 0.29) is 6.42 Å². The molecule has 0 amide bonds. The molecule has 0 aliphatic carbocycles. The summed E-state index contributed by atoms with van der Waals surface area (Å²) in [5, 5.41) is 13.5. The van der Waals surface area contributed by atoms with Gasteiger partial charge in [0.1, 0.15) is 0 Å². The summed E-state index contributed by atoms with van der Waals surface area (Å²) >= 11 is 0. The lowest BCUT2D eigenvalue weighted by molar-refractivity contribution is -0.136. The number of carbonyl (C=O) groups is 1. The molecule has 2 aromatic heterocycles. The summed E-state index contributed by atoms with van der Waals surface area (Å²) in [4.78, 5) is 14.0. The molecular formula is C13H15N3O2. The summed E-state index contributed by atoms with van der Waals surface area (Å²) in [6.07, 6.45) is 6.99. The smallest absolute Gasteiger partial charge is 0.309 e. The molecule has 5 nitrogen and oxygen atoms in total. The molecule has 0 atom stereocenters. The van der Waals surface area contributed by atoms with Gasteiger partial charge in [-0.05, 0) is 25.3 Å². The van der Waals surface area contributed by atoms with Crippen molar-refractivity contribution in [3.05, 3.63) is 29.8 Å². The van der Waals surface area contributed by atoms with Crippen molar-refractivity contribution in [1.82, 2.24) is 14.8 Å². The summed E-state index contributed by atoms with van der Waals surface area (Å²) in [7, 11) is 0. The maximum absolute atomic E-state index is 10.9. The number of hydrogen-bond acceptors (Lipinski definition) is 2. The summed E-state index contributed by atoms with van der Waals surface area (Å²) in [5.41, 5.74) is 3.91. The van der Waals surface area contributed by atoms with E-state index in [1.54, 1.807) is 0 Å². The number of nitrogens with one attached hydrogen (secondary N) is 1. The molecule has 2 aromatic rings. The summed E-state index contributed by atoms with van der Waals surface area (Å²) in [5.74, 6) is -0.831. The van der Waals surface area contributed by atoms with Crippen LogP contribution in [0.15, 0.2) is 18.5 Å². The van der Waals surface area contributed by atoms with Gasteiger partial charge in [-0.15, -0.1) is 0 Å². The highest BCUT2D eigenvalue weighted by Gasteiger charge is 2.22. The van der Waals surface area contributed by atoms with Crippen molar-refractivity contribution in [2.45, 2.75) is 32.2 Å². The predicted molar refractivity (Wildman–Crippen MR) is 66.3 cm³/mol. The normalized spacial score (nSPS) is 14.4. The van der Waals surface area contributed by atoms with E-state index in [9.17, 15) is 4.79 Å². The van der Waals surface area contributed by atoms with Crippen molar-refractivity contribution < 1.29 is 9.90 Å². The highest BCUT2D eigenvalue weighted by molar-refractivity contribution is 5.76. The van der Waals surface area contributed by atoms with Gasteiger partial charge in [0.2, 0.25) is 0 Å². The zero-order valence-corrected chi connectivity index (χ0v) is 10.0. The van der Waals surface area contributed by atoms with E-state index < -0.39 is 5.97 Å². The lowest BCUT2D eigenvalue weighted by Crippen LogP contribution is -2.11. The second kappa shape index (κ2) is 4.33. The fourth-order valence-electron chi connectivity index (χ4n) is 2.62. The highest BCUT2D eigenvalue weighted by atomic mass is 16.4. The molecular weight excluding hydrogens is 230 g/mol. The molecule has 0 spiro atoms. The Balaban J connectivity index is 2.13. The fraction of sp³-hybridized carbons (Fsp3) is 0.385. The summed E-state index contributed by atoms with van der Waals surface area (Å²) in [6, 6.07) is 1.97. The summed E-state index contributed by atoms with van der Waals surface area (Å²) in [6.45, 7) is 0.895. The molecule has 0 saturated carbocycles. The van der Waals surface area contributed by atoms with Crippen molar-refractivity contribution in [3.63, 3.8) is 0 Å². The molecule has 0 fully saturated rings. The van der Waals surface area contributed by atoms with Gasteiger partial charge in [-0.3, -0.25) is 9.48 Å². The second-order valence-corrected chi connectivity index (χ2v) is 4.62. The number of carboxylic acid groups (broad SMARTS) is 1. The number of H-pyrrole nitrogens is 1. The van der Waals surface area contributed by atoms with Crippen LogP contribution in [0.5, 0.6) is 0 Å². The quantitative estimate of drug-likeness (QED) is 0.866. The molecule has 3 heterocycles. The third-order valence-electron chi connectivity index (χ3n) is 3.37. The number of fused-ring (bicyclic) bond motifs is 1. The van der Waals surface area contributed by atoms with Crippen molar-refractivity contribution in [1.29, 1.82) is 0 Å². The largest absolute Gasteiger partial charge is 0.481 e. The van der Waals surface area contributed by atoms with Gasteiger partial charge in [-0.2, -0.15) is 5.10 Å². The molecule has 0 radical (unpaired) electrons. The Bertz CT molecular complexity index is 569. The van der Waals surface area contributed by atoms with Crippen LogP contribution in [0.2, 0.25) is 0 Å². The standard InChI is InChI=1S/C13H15N3O2/c17-12(18)7-10-13(9-4-5-14-8-9)11-3-1-2-6-16(11)15-10/h4-5,8,14H,1-3,6-7H2,(H,17,18). The number of aryl methyl sites for hydroxylation is 1. The Labute approximate surface area is 104 Å². The number of aromatic amines is 1. The molecule has 18 heavy (non-hydrogen) atoms. The average molecular weight is 245 g/mol. The Morgan fingerprint density at radius 3 is 3.11 bits per heavy atom. The van der Waals surface area contributed by atoms with Gasteiger partial charge in [-0.25, -0.2) is 0 Å². The monoisotopic (exact) mass is 245 g/mol. The summed E-state index contributed by atoms with van der Waals surface area (Å²) < 4.78 is 1.98. The minimum atomic E-state index is -0.831. The first-order valence-corrected chi connectivity index (χ1v) is 6.19. The lowest BCUT2D eigenvalue weighted by atomic mass is 9.99. The van der Waals surface area contributed by atoms with Crippen LogP contribution in [-0.4, -0.2) is 25.8 Å². The van der Waals surface area contributed by atoms with Crippen LogP contribution in [0, 0.1) is 0 Å². The van der Waals surface area contributed by atoms with Gasteiger partial charge in [0.05, 0.1) is 12.1 Å². The highest BCUT2D eigenvalue weighted by Crippen LogP contribution is 2.31. The van der Waals surface area contributed by atoms with Crippen molar-refractivity contribution in [2.75, 3.05) is 0 Å². The zero-order chi connectivity index (χ0) is 12.5. The molecule has 2 N–H and O–H groups in total. The molecule has 94 valence electrons. The van der Waals surface area contributed by atoms with E-state index in [1.807, 2.05) is 23.1 Å². The van der Waals surface area contributed by atoms with E-state index in [0.29, 0.717) is 5.69 Å². The van der Waals surface area contributed by atoms with Crippen LogP contribution in [-0.2, 0) is 24.2 Å². The first-order chi connectivity index (χ1) is 8.75. The molecule has 0 aromatic carbocycles. The zero-order valence-electron chi connectivity index (χ0n) is 10.0. The number of nitrogens with zero attached hydrogens (tertiary/aromatic N) is 2. The molecule has 0 saturated heterocycles. The van der Waals surface area contributed by atoms with E-state index in [4.69, 9.17) is 5.11 Å². The van der Waals surface area contributed by atoms with Gasteiger partial charge >= 0.3 is 5.97 Å². The van der Waals surface area contributed by atoms with Crippen molar-refractivity contribution >= 4 is 5.97 Å². The Kier molecular flexibility index (Phi) is 2.66. The maximum Gasteiger partial charge on any atom is 0.309 e. The fourth-order valence-corrected chi connectivity index (χ4v) is 2.62. The van der Waals surface area contributed by atoms with Crippen LogP contribution in [0.4, 0.5) is 0 Å². The van der Waals surface area contributed by atoms with Gasteiger partial charge in [0.15, 0.2) is 0 Å². The molecule has 0 unspecified atom stereocenters. The van der Waals surface area contributed by atoms with Crippen LogP contribution in [0.1, 0.15) is 24.2 Å². The average Bonchev–Trinajstić information content (AvgIpc) is 2.93.